The molecule has 3 heteroatoms. The number of benzene rings is 3. The summed E-state index contributed by atoms with van der Waals surface area (Å²) in [5.74, 6) is -0.459. The van der Waals surface area contributed by atoms with Crippen molar-refractivity contribution in [1.82, 2.24) is 4.98 Å². The van der Waals surface area contributed by atoms with Crippen molar-refractivity contribution in [2.45, 2.75) is 0 Å². The minimum absolute atomic E-state index is 0.451. The molecule has 1 heterocycles. The highest BCUT2D eigenvalue weighted by Gasteiger charge is 2.11. The van der Waals surface area contributed by atoms with Crippen LogP contribution in [-0.4, -0.2) is 10.9 Å². The van der Waals surface area contributed by atoms with E-state index in [4.69, 9.17) is 10.7 Å². The van der Waals surface area contributed by atoms with Crippen LogP contribution in [0.1, 0.15) is 10.4 Å². The van der Waals surface area contributed by atoms with Crippen molar-refractivity contribution in [2.24, 2.45) is 5.73 Å². The molecule has 1 aromatic heterocycles. The minimum atomic E-state index is -0.459. The van der Waals surface area contributed by atoms with Gasteiger partial charge in [-0.3, -0.25) is 4.79 Å². The lowest BCUT2D eigenvalue weighted by atomic mass is 10.00. The summed E-state index contributed by atoms with van der Waals surface area (Å²) < 4.78 is 0. The fourth-order valence-corrected chi connectivity index (χ4v) is 2.93. The Morgan fingerprint density at radius 2 is 1.48 bits per heavy atom. The largest absolute Gasteiger partial charge is 0.366 e. The van der Waals surface area contributed by atoms with E-state index in [2.05, 4.69) is 18.2 Å². The first-order valence-corrected chi connectivity index (χ1v) is 7.42. The molecule has 4 rings (SSSR count). The van der Waals surface area contributed by atoms with Crippen molar-refractivity contribution in [3.05, 3.63) is 78.4 Å². The average molecular weight is 298 g/mol. The van der Waals surface area contributed by atoms with Gasteiger partial charge in [-0.25, -0.2) is 4.98 Å². The fraction of sp³-hybridized carbons (Fsp3) is 0. The Labute approximate surface area is 133 Å². The third kappa shape index (κ3) is 2.23. The molecular weight excluding hydrogens is 284 g/mol. The molecule has 0 atom stereocenters. The van der Waals surface area contributed by atoms with E-state index in [9.17, 15) is 4.79 Å². The number of carbonyl (C=O) groups excluding carboxylic acids is 1. The van der Waals surface area contributed by atoms with E-state index < -0.39 is 5.91 Å². The molecule has 4 aromatic rings. The van der Waals surface area contributed by atoms with E-state index in [0.29, 0.717) is 11.1 Å². The van der Waals surface area contributed by atoms with E-state index in [1.54, 1.807) is 6.07 Å². The molecule has 0 aliphatic carbocycles. The molecule has 2 N–H and O–H groups in total. The summed E-state index contributed by atoms with van der Waals surface area (Å²) in [6, 6.07) is 23.8. The standard InChI is InChI=1S/C20H14N2O/c21-20(23)17-11-5-9-15-12-14-8-4-10-16(18(14)22-19(15)17)13-6-2-1-3-7-13/h1-12H,(H2,21,23). The first-order valence-electron chi connectivity index (χ1n) is 7.42. The van der Waals surface area contributed by atoms with Gasteiger partial charge in [-0.05, 0) is 17.7 Å². The highest BCUT2D eigenvalue weighted by Crippen LogP contribution is 2.30. The molecule has 23 heavy (non-hydrogen) atoms. The van der Waals surface area contributed by atoms with Crippen molar-refractivity contribution in [2.75, 3.05) is 0 Å². The number of hydrogen-bond donors (Lipinski definition) is 1. The molecule has 0 aliphatic heterocycles. The second-order valence-corrected chi connectivity index (χ2v) is 5.47. The molecule has 0 saturated heterocycles. The lowest BCUT2D eigenvalue weighted by Gasteiger charge is -2.09. The maximum Gasteiger partial charge on any atom is 0.250 e. The monoisotopic (exact) mass is 298 g/mol. The molecule has 0 saturated carbocycles. The summed E-state index contributed by atoms with van der Waals surface area (Å²) in [4.78, 5) is 16.5. The first-order chi connectivity index (χ1) is 11.2. The number of nitrogens with zero attached hydrogens (tertiary/aromatic N) is 1. The van der Waals surface area contributed by atoms with Crippen molar-refractivity contribution < 1.29 is 4.79 Å². The second-order valence-electron chi connectivity index (χ2n) is 5.47. The molecule has 0 spiro atoms. The predicted molar refractivity (Wildman–Crippen MR) is 93.2 cm³/mol. The summed E-state index contributed by atoms with van der Waals surface area (Å²) in [7, 11) is 0. The van der Waals surface area contributed by atoms with Crippen molar-refractivity contribution in [1.29, 1.82) is 0 Å². The van der Waals surface area contributed by atoms with Crippen LogP contribution in [0.4, 0.5) is 0 Å². The number of hydrogen-bond acceptors (Lipinski definition) is 2. The number of aromatic nitrogens is 1. The Morgan fingerprint density at radius 1 is 0.783 bits per heavy atom. The Kier molecular flexibility index (Phi) is 3.05. The van der Waals surface area contributed by atoms with Crippen LogP contribution in [0, 0.1) is 0 Å². The Hall–Kier alpha value is -3.20. The third-order valence-corrected chi connectivity index (χ3v) is 4.02. The number of nitrogens with two attached hydrogens (primary N) is 1. The van der Waals surface area contributed by atoms with E-state index in [0.717, 1.165) is 27.4 Å². The number of primary amides is 1. The molecule has 110 valence electrons. The Bertz CT molecular complexity index is 1040. The zero-order chi connectivity index (χ0) is 15.8. The van der Waals surface area contributed by atoms with Gasteiger partial charge in [-0.1, -0.05) is 60.7 Å². The molecule has 0 unspecified atom stereocenters. The van der Waals surface area contributed by atoms with Crippen LogP contribution in [0.5, 0.6) is 0 Å². The second kappa shape index (κ2) is 5.21. The van der Waals surface area contributed by atoms with Gasteiger partial charge in [0.05, 0.1) is 16.6 Å². The van der Waals surface area contributed by atoms with Crippen LogP contribution >= 0.6 is 0 Å². The molecule has 3 nitrogen and oxygen atoms in total. The minimum Gasteiger partial charge on any atom is -0.366 e. The van der Waals surface area contributed by atoms with Gasteiger partial charge in [0.2, 0.25) is 0 Å². The van der Waals surface area contributed by atoms with Crippen molar-refractivity contribution in [3.63, 3.8) is 0 Å². The number of rotatable bonds is 2. The lowest BCUT2D eigenvalue weighted by molar-refractivity contribution is 0.100. The summed E-state index contributed by atoms with van der Waals surface area (Å²) in [6.07, 6.45) is 0. The maximum absolute atomic E-state index is 11.7. The Balaban J connectivity index is 2.11. The zero-order valence-electron chi connectivity index (χ0n) is 12.4. The summed E-state index contributed by atoms with van der Waals surface area (Å²) in [6.45, 7) is 0. The highest BCUT2D eigenvalue weighted by molar-refractivity contribution is 6.08. The number of fused-ring (bicyclic) bond motifs is 2. The van der Waals surface area contributed by atoms with Crippen LogP contribution in [-0.2, 0) is 0 Å². The van der Waals surface area contributed by atoms with Crippen LogP contribution in [0.25, 0.3) is 32.9 Å². The SMILES string of the molecule is NC(=O)c1cccc2cc3cccc(-c4ccccc4)c3nc12. The van der Waals surface area contributed by atoms with Crippen molar-refractivity contribution >= 4 is 27.7 Å². The van der Waals surface area contributed by atoms with Gasteiger partial charge < -0.3 is 5.73 Å². The number of amides is 1. The Morgan fingerprint density at radius 3 is 2.22 bits per heavy atom. The quantitative estimate of drug-likeness (QED) is 0.565. The van der Waals surface area contributed by atoms with Gasteiger partial charge in [0.1, 0.15) is 0 Å². The maximum atomic E-state index is 11.7. The zero-order valence-corrected chi connectivity index (χ0v) is 12.4. The molecular formula is C20H14N2O. The van der Waals surface area contributed by atoms with Crippen LogP contribution in [0.15, 0.2) is 72.8 Å². The first kappa shape index (κ1) is 13.5. The predicted octanol–water partition coefficient (Wildman–Crippen LogP) is 4.15. The summed E-state index contributed by atoms with van der Waals surface area (Å²) >= 11 is 0. The van der Waals surface area contributed by atoms with Crippen LogP contribution in [0.3, 0.4) is 0 Å². The van der Waals surface area contributed by atoms with Gasteiger partial charge in [0.25, 0.3) is 5.91 Å². The van der Waals surface area contributed by atoms with E-state index in [1.807, 2.05) is 48.5 Å². The lowest BCUT2D eigenvalue weighted by Crippen LogP contribution is -2.11. The highest BCUT2D eigenvalue weighted by atomic mass is 16.1. The van der Waals surface area contributed by atoms with E-state index in [1.165, 1.54) is 0 Å². The molecule has 3 aromatic carbocycles. The molecule has 0 bridgehead atoms. The third-order valence-electron chi connectivity index (χ3n) is 4.02. The van der Waals surface area contributed by atoms with Crippen LogP contribution in [0.2, 0.25) is 0 Å². The number of pyridine rings is 1. The topological polar surface area (TPSA) is 56.0 Å². The van der Waals surface area contributed by atoms with E-state index >= 15 is 0 Å². The van der Waals surface area contributed by atoms with Crippen LogP contribution < -0.4 is 5.73 Å². The smallest absolute Gasteiger partial charge is 0.250 e. The normalized spacial score (nSPS) is 11.0. The van der Waals surface area contributed by atoms with Gasteiger partial charge >= 0.3 is 0 Å². The average Bonchev–Trinajstić information content (AvgIpc) is 2.59. The number of carbonyl (C=O) groups is 1. The fourth-order valence-electron chi connectivity index (χ4n) is 2.93. The van der Waals surface area contributed by atoms with Crippen molar-refractivity contribution in [3.8, 4) is 11.1 Å². The number of para-hydroxylation sites is 2. The van der Waals surface area contributed by atoms with Gasteiger partial charge in [-0.15, -0.1) is 0 Å². The van der Waals surface area contributed by atoms with E-state index in [-0.39, 0.29) is 0 Å². The molecule has 0 radical (unpaired) electrons. The molecule has 0 fully saturated rings. The molecule has 1 amide bonds. The van der Waals surface area contributed by atoms with Gasteiger partial charge in [0.15, 0.2) is 0 Å². The summed E-state index contributed by atoms with van der Waals surface area (Å²) in [5.41, 5.74) is 9.61. The van der Waals surface area contributed by atoms with Gasteiger partial charge in [-0.2, -0.15) is 0 Å². The summed E-state index contributed by atoms with van der Waals surface area (Å²) in [5, 5.41) is 1.96. The molecule has 0 aliphatic rings. The van der Waals surface area contributed by atoms with Gasteiger partial charge in [0, 0.05) is 16.3 Å².